The van der Waals surface area contributed by atoms with Crippen molar-refractivity contribution in [1.29, 1.82) is 0 Å². The summed E-state index contributed by atoms with van der Waals surface area (Å²) < 4.78 is 1.86. The molecule has 0 spiro atoms. The van der Waals surface area contributed by atoms with Crippen LogP contribution in [0.25, 0.3) is 10.9 Å². The van der Waals surface area contributed by atoms with Crippen molar-refractivity contribution in [3.63, 3.8) is 0 Å². The summed E-state index contributed by atoms with van der Waals surface area (Å²) in [5.74, 6) is 0.277. The molecule has 0 aliphatic heterocycles. The number of para-hydroxylation sites is 1. The zero-order valence-corrected chi connectivity index (χ0v) is 13.8. The minimum atomic E-state index is -0.0879. The predicted octanol–water partition coefficient (Wildman–Crippen LogP) is 2.95. The van der Waals surface area contributed by atoms with E-state index in [-0.39, 0.29) is 24.2 Å². The Morgan fingerprint density at radius 2 is 2.00 bits per heavy atom. The Bertz CT molecular complexity index is 927. The zero-order chi connectivity index (χ0) is 17.2. The van der Waals surface area contributed by atoms with E-state index in [1.54, 1.807) is 12.4 Å². The Kier molecular flexibility index (Phi) is 4.06. The van der Waals surface area contributed by atoms with Crippen LogP contribution < -0.4 is 5.32 Å². The highest BCUT2D eigenvalue weighted by molar-refractivity contribution is 6.10. The monoisotopic (exact) mass is 333 g/mol. The predicted molar refractivity (Wildman–Crippen MR) is 95.1 cm³/mol. The second-order valence-corrected chi connectivity index (χ2v) is 6.46. The Balaban J connectivity index is 1.52. The van der Waals surface area contributed by atoms with Crippen molar-refractivity contribution < 1.29 is 9.59 Å². The van der Waals surface area contributed by atoms with E-state index in [2.05, 4.69) is 10.3 Å². The lowest BCUT2D eigenvalue weighted by Gasteiger charge is -2.07. The summed E-state index contributed by atoms with van der Waals surface area (Å²) in [5.41, 5.74) is 2.61. The zero-order valence-electron chi connectivity index (χ0n) is 13.8. The fourth-order valence-corrected chi connectivity index (χ4v) is 3.05. The first kappa shape index (κ1) is 15.6. The van der Waals surface area contributed by atoms with Gasteiger partial charge in [-0.25, -0.2) is 0 Å². The summed E-state index contributed by atoms with van der Waals surface area (Å²) in [5, 5.41) is 3.83. The maximum absolute atomic E-state index is 12.5. The van der Waals surface area contributed by atoms with Gasteiger partial charge in [-0.2, -0.15) is 0 Å². The van der Waals surface area contributed by atoms with Gasteiger partial charge >= 0.3 is 0 Å². The first-order chi connectivity index (χ1) is 12.2. The molecule has 5 nitrogen and oxygen atoms in total. The molecule has 1 amide bonds. The number of carbonyl (C=O) groups excluding carboxylic acids is 2. The van der Waals surface area contributed by atoms with Gasteiger partial charge in [0.15, 0.2) is 5.78 Å². The quantitative estimate of drug-likeness (QED) is 0.706. The molecule has 0 unspecified atom stereocenters. The van der Waals surface area contributed by atoms with Crippen LogP contribution in [-0.2, 0) is 17.9 Å². The second-order valence-electron chi connectivity index (χ2n) is 6.46. The van der Waals surface area contributed by atoms with Gasteiger partial charge in [0.2, 0.25) is 5.91 Å². The third kappa shape index (κ3) is 3.31. The third-order valence-corrected chi connectivity index (χ3v) is 4.53. The van der Waals surface area contributed by atoms with Crippen molar-refractivity contribution in [1.82, 2.24) is 14.9 Å². The summed E-state index contributed by atoms with van der Waals surface area (Å²) in [7, 11) is 0. The van der Waals surface area contributed by atoms with Gasteiger partial charge in [0.1, 0.15) is 6.54 Å². The molecule has 0 atom stereocenters. The lowest BCUT2D eigenvalue weighted by molar-refractivity contribution is -0.121. The van der Waals surface area contributed by atoms with E-state index < -0.39 is 0 Å². The van der Waals surface area contributed by atoms with Gasteiger partial charge in [-0.3, -0.25) is 14.6 Å². The molecular weight excluding hydrogens is 314 g/mol. The Labute approximate surface area is 145 Å². The normalized spacial score (nSPS) is 13.8. The number of benzene rings is 1. The summed E-state index contributed by atoms with van der Waals surface area (Å²) in [6, 6.07) is 11.5. The number of rotatable bonds is 6. The van der Waals surface area contributed by atoms with Crippen LogP contribution in [-0.4, -0.2) is 21.2 Å². The number of nitrogens with one attached hydrogen (secondary N) is 1. The molecule has 3 aromatic rings. The van der Waals surface area contributed by atoms with E-state index in [1.807, 2.05) is 47.2 Å². The van der Waals surface area contributed by atoms with Crippen LogP contribution in [0.5, 0.6) is 0 Å². The number of carbonyl (C=O) groups is 2. The molecule has 0 radical (unpaired) electrons. The number of amides is 1. The molecule has 0 saturated heterocycles. The summed E-state index contributed by atoms with van der Waals surface area (Å²) in [4.78, 5) is 28.9. The standard InChI is InChI=1S/C20H19N3O2/c24-19(22-11-14-4-3-9-21-10-14)13-23-12-17(20(25)15-7-8-15)16-5-1-2-6-18(16)23/h1-6,9-10,12,15H,7-8,11,13H2,(H,22,24). The molecule has 4 rings (SSSR count). The summed E-state index contributed by atoms with van der Waals surface area (Å²) in [6.45, 7) is 0.637. The number of pyridine rings is 1. The molecule has 2 heterocycles. The fourth-order valence-electron chi connectivity index (χ4n) is 3.05. The number of nitrogens with zero attached hydrogens (tertiary/aromatic N) is 2. The molecule has 1 N–H and O–H groups in total. The Morgan fingerprint density at radius 3 is 2.76 bits per heavy atom. The van der Waals surface area contributed by atoms with Crippen LogP contribution in [0.2, 0.25) is 0 Å². The number of hydrogen-bond donors (Lipinski definition) is 1. The SMILES string of the molecule is O=C(Cn1cc(C(=O)C2CC2)c2ccccc21)NCc1cccnc1. The number of hydrogen-bond acceptors (Lipinski definition) is 3. The smallest absolute Gasteiger partial charge is 0.240 e. The van der Waals surface area contributed by atoms with Gasteiger partial charge in [-0.15, -0.1) is 0 Å². The average molecular weight is 333 g/mol. The maximum atomic E-state index is 12.5. The van der Waals surface area contributed by atoms with E-state index in [4.69, 9.17) is 0 Å². The Hall–Kier alpha value is -2.95. The van der Waals surface area contributed by atoms with Crippen molar-refractivity contribution in [3.8, 4) is 0 Å². The highest BCUT2D eigenvalue weighted by atomic mass is 16.2. The van der Waals surface area contributed by atoms with Gasteiger partial charge in [0.05, 0.1) is 0 Å². The lowest BCUT2D eigenvalue weighted by atomic mass is 10.1. The van der Waals surface area contributed by atoms with E-state index in [0.29, 0.717) is 6.54 Å². The van der Waals surface area contributed by atoms with Crippen molar-refractivity contribution in [3.05, 3.63) is 66.1 Å². The lowest BCUT2D eigenvalue weighted by Crippen LogP contribution is -2.26. The van der Waals surface area contributed by atoms with E-state index in [0.717, 1.165) is 34.9 Å². The minimum Gasteiger partial charge on any atom is -0.350 e. The van der Waals surface area contributed by atoms with Crippen LogP contribution >= 0.6 is 0 Å². The molecule has 1 aromatic carbocycles. The van der Waals surface area contributed by atoms with Gasteiger partial charge in [-0.05, 0) is 30.5 Å². The van der Waals surface area contributed by atoms with Crippen LogP contribution in [0.3, 0.4) is 0 Å². The molecule has 2 aromatic heterocycles. The van der Waals surface area contributed by atoms with Crippen molar-refractivity contribution in [2.45, 2.75) is 25.9 Å². The summed E-state index contributed by atoms with van der Waals surface area (Å²) in [6.07, 6.45) is 7.22. The van der Waals surface area contributed by atoms with Gasteiger partial charge < -0.3 is 9.88 Å². The Morgan fingerprint density at radius 1 is 1.16 bits per heavy atom. The van der Waals surface area contributed by atoms with Crippen molar-refractivity contribution in [2.24, 2.45) is 5.92 Å². The first-order valence-electron chi connectivity index (χ1n) is 8.50. The first-order valence-corrected chi connectivity index (χ1v) is 8.50. The molecule has 1 saturated carbocycles. The topological polar surface area (TPSA) is 64.0 Å². The van der Waals surface area contributed by atoms with E-state index in [9.17, 15) is 9.59 Å². The van der Waals surface area contributed by atoms with Crippen LogP contribution in [0, 0.1) is 5.92 Å². The fraction of sp³-hybridized carbons (Fsp3) is 0.250. The van der Waals surface area contributed by atoms with Crippen LogP contribution in [0.15, 0.2) is 55.0 Å². The van der Waals surface area contributed by atoms with Crippen molar-refractivity contribution in [2.75, 3.05) is 0 Å². The number of aromatic nitrogens is 2. The summed E-state index contributed by atoms with van der Waals surface area (Å²) >= 11 is 0. The molecule has 5 heteroatoms. The largest absolute Gasteiger partial charge is 0.350 e. The van der Waals surface area contributed by atoms with Gasteiger partial charge in [0, 0.05) is 47.5 Å². The highest BCUT2D eigenvalue weighted by Crippen LogP contribution is 2.35. The number of ketones is 1. The van der Waals surface area contributed by atoms with Crippen molar-refractivity contribution >= 4 is 22.6 Å². The second kappa shape index (κ2) is 6.51. The number of fused-ring (bicyclic) bond motifs is 1. The maximum Gasteiger partial charge on any atom is 0.240 e. The van der Waals surface area contributed by atoms with Gasteiger partial charge in [0.25, 0.3) is 0 Å². The molecule has 126 valence electrons. The van der Waals surface area contributed by atoms with E-state index >= 15 is 0 Å². The molecular formula is C20H19N3O2. The highest BCUT2D eigenvalue weighted by Gasteiger charge is 2.32. The molecule has 1 aliphatic carbocycles. The van der Waals surface area contributed by atoms with Crippen LogP contribution in [0.4, 0.5) is 0 Å². The minimum absolute atomic E-state index is 0.0879. The molecule has 25 heavy (non-hydrogen) atoms. The van der Waals surface area contributed by atoms with Crippen LogP contribution in [0.1, 0.15) is 28.8 Å². The van der Waals surface area contributed by atoms with Gasteiger partial charge in [-0.1, -0.05) is 24.3 Å². The number of Topliss-reactive ketones (excluding diaryl/α,β-unsaturated/α-hetero) is 1. The molecule has 0 bridgehead atoms. The molecule has 1 fully saturated rings. The average Bonchev–Trinajstić information content (AvgIpc) is 3.44. The van der Waals surface area contributed by atoms with E-state index in [1.165, 1.54) is 0 Å². The third-order valence-electron chi connectivity index (χ3n) is 4.53. The molecule has 1 aliphatic rings.